The van der Waals surface area contributed by atoms with Crippen LogP contribution in [0.25, 0.3) is 0 Å². The van der Waals surface area contributed by atoms with Crippen molar-refractivity contribution >= 4 is 34.3 Å². The molecule has 6 atom stereocenters. The van der Waals surface area contributed by atoms with Crippen LogP contribution in [0.5, 0.6) is 0 Å². The Bertz CT molecular complexity index is 948. The van der Waals surface area contributed by atoms with Gasteiger partial charge in [-0.15, -0.1) is 0 Å². The standard InChI is InChI=1S/C22H25BNO8P/c1-13(33-24-23-28)17-18(30-20(26)15-9-5-3-6-10-15)19(22(32-17)29-14(2)25)31-21(27)16-11-7-4-8-12-16/h3-13,17-19,22-24,28,33H,1-2H3/t13-,17+,18+,19+,22?/m0/s1. The van der Waals surface area contributed by atoms with Gasteiger partial charge in [-0.05, 0) is 24.3 Å². The van der Waals surface area contributed by atoms with E-state index in [4.69, 9.17) is 24.0 Å². The number of nitrogens with one attached hydrogen (secondary N) is 1. The third kappa shape index (κ3) is 6.61. The molecule has 0 bridgehead atoms. The quantitative estimate of drug-likeness (QED) is 0.242. The van der Waals surface area contributed by atoms with Crippen LogP contribution in [-0.4, -0.2) is 60.8 Å². The molecule has 2 N–H and O–H groups in total. The first kappa shape index (κ1) is 24.9. The van der Waals surface area contributed by atoms with Gasteiger partial charge in [0.1, 0.15) is 6.10 Å². The van der Waals surface area contributed by atoms with Crippen molar-refractivity contribution in [2.45, 2.75) is 44.1 Å². The minimum Gasteiger partial charge on any atom is -0.452 e. The highest BCUT2D eigenvalue weighted by Gasteiger charge is 2.53. The summed E-state index contributed by atoms with van der Waals surface area (Å²) in [6, 6.07) is 16.6. The highest BCUT2D eigenvalue weighted by Crippen LogP contribution is 2.35. The van der Waals surface area contributed by atoms with E-state index in [0.29, 0.717) is 5.56 Å². The van der Waals surface area contributed by atoms with E-state index in [9.17, 15) is 14.4 Å². The second-order valence-corrected chi connectivity index (χ2v) is 8.87. The number of benzene rings is 2. The van der Waals surface area contributed by atoms with Crippen molar-refractivity contribution in [1.29, 1.82) is 0 Å². The van der Waals surface area contributed by atoms with Crippen LogP contribution in [0.3, 0.4) is 0 Å². The van der Waals surface area contributed by atoms with Crippen molar-refractivity contribution in [3.8, 4) is 0 Å². The molecule has 0 aliphatic carbocycles. The molecule has 9 nitrogen and oxygen atoms in total. The second kappa shape index (κ2) is 11.9. The minimum absolute atomic E-state index is 0.0358. The summed E-state index contributed by atoms with van der Waals surface area (Å²) in [5.74, 6) is -1.95. The van der Waals surface area contributed by atoms with Crippen LogP contribution < -0.4 is 5.00 Å². The average molecular weight is 473 g/mol. The monoisotopic (exact) mass is 473 g/mol. The van der Waals surface area contributed by atoms with Crippen LogP contribution in [0.1, 0.15) is 34.6 Å². The first-order chi connectivity index (χ1) is 15.9. The predicted octanol–water partition coefficient (Wildman–Crippen LogP) is 1.56. The van der Waals surface area contributed by atoms with Gasteiger partial charge in [0.25, 0.3) is 0 Å². The van der Waals surface area contributed by atoms with Gasteiger partial charge in [-0.2, -0.15) is 0 Å². The zero-order chi connectivity index (χ0) is 23.8. The summed E-state index contributed by atoms with van der Waals surface area (Å²) in [5.41, 5.74) is 0.320. The first-order valence-electron chi connectivity index (χ1n) is 10.3. The molecule has 2 aromatic rings. The summed E-state index contributed by atoms with van der Waals surface area (Å²) in [5, 5.41) is 9.12. The normalized spacial score (nSPS) is 23.1. The first-order valence-corrected chi connectivity index (χ1v) is 11.4. The number of esters is 3. The Morgan fingerprint density at radius 3 is 1.94 bits per heavy atom. The maximum Gasteiger partial charge on any atom is 0.361 e. The van der Waals surface area contributed by atoms with Crippen molar-refractivity contribution in [3.05, 3.63) is 71.8 Å². The van der Waals surface area contributed by atoms with E-state index in [1.165, 1.54) is 6.92 Å². The van der Waals surface area contributed by atoms with Crippen molar-refractivity contribution in [3.63, 3.8) is 0 Å². The van der Waals surface area contributed by atoms with E-state index in [1.807, 2.05) is 6.92 Å². The molecular weight excluding hydrogens is 448 g/mol. The molecule has 2 unspecified atom stereocenters. The van der Waals surface area contributed by atoms with E-state index >= 15 is 0 Å². The van der Waals surface area contributed by atoms with Gasteiger partial charge in [0, 0.05) is 12.6 Å². The van der Waals surface area contributed by atoms with Gasteiger partial charge in [0.05, 0.1) is 11.1 Å². The fourth-order valence-electron chi connectivity index (χ4n) is 3.39. The smallest absolute Gasteiger partial charge is 0.361 e. The van der Waals surface area contributed by atoms with Gasteiger partial charge in [-0.3, -0.25) is 4.79 Å². The summed E-state index contributed by atoms with van der Waals surface area (Å²) in [6.07, 6.45) is -4.29. The van der Waals surface area contributed by atoms with Crippen LogP contribution in [-0.2, 0) is 23.7 Å². The Morgan fingerprint density at radius 2 is 1.45 bits per heavy atom. The van der Waals surface area contributed by atoms with E-state index in [2.05, 4.69) is 5.00 Å². The molecule has 1 heterocycles. The Hall–Kier alpha value is -2.78. The highest BCUT2D eigenvalue weighted by atomic mass is 31.1. The molecule has 3 rings (SSSR count). The van der Waals surface area contributed by atoms with Gasteiger partial charge in [0.2, 0.25) is 12.4 Å². The topological polar surface area (TPSA) is 120 Å². The molecule has 0 amide bonds. The molecular formula is C22H25BNO8P. The zero-order valence-electron chi connectivity index (χ0n) is 18.2. The van der Waals surface area contributed by atoms with Crippen LogP contribution in [0.15, 0.2) is 60.7 Å². The molecule has 0 saturated carbocycles. The number of carbonyl (C=O) groups is 3. The molecule has 1 saturated heterocycles. The van der Waals surface area contributed by atoms with Crippen LogP contribution >= 0.6 is 8.73 Å². The second-order valence-electron chi connectivity index (χ2n) is 7.32. The van der Waals surface area contributed by atoms with Crippen molar-refractivity contribution in [1.82, 2.24) is 5.00 Å². The Morgan fingerprint density at radius 1 is 0.939 bits per heavy atom. The minimum atomic E-state index is -1.27. The Balaban J connectivity index is 1.90. The molecule has 0 aromatic heterocycles. The fraction of sp³-hybridized carbons (Fsp3) is 0.318. The molecule has 33 heavy (non-hydrogen) atoms. The summed E-state index contributed by atoms with van der Waals surface area (Å²) in [7, 11) is -0.210. The molecule has 174 valence electrons. The number of hydrogen-bond acceptors (Lipinski definition) is 9. The number of ether oxygens (including phenoxy) is 4. The largest absolute Gasteiger partial charge is 0.452 e. The SMILES string of the molecule is CC(=O)OC1O[C@H]([C@H](C)PNBO)[C@@H](OC(=O)c2ccccc2)[C@H]1OC(=O)c1ccccc1. The summed E-state index contributed by atoms with van der Waals surface area (Å²) >= 11 is 0. The van der Waals surface area contributed by atoms with Crippen LogP contribution in [0, 0.1) is 0 Å². The average Bonchev–Trinajstić information content (AvgIpc) is 3.14. The van der Waals surface area contributed by atoms with Gasteiger partial charge >= 0.3 is 25.5 Å². The van der Waals surface area contributed by atoms with Gasteiger partial charge in [-0.1, -0.05) is 52.1 Å². The molecule has 0 spiro atoms. The van der Waals surface area contributed by atoms with Crippen LogP contribution in [0.2, 0.25) is 0 Å². The highest BCUT2D eigenvalue weighted by molar-refractivity contribution is 7.38. The lowest BCUT2D eigenvalue weighted by Crippen LogP contribution is -2.43. The van der Waals surface area contributed by atoms with Crippen molar-refractivity contribution in [2.24, 2.45) is 0 Å². The molecule has 1 aliphatic heterocycles. The maximum absolute atomic E-state index is 12.8. The number of rotatable bonds is 9. The maximum atomic E-state index is 12.8. The lowest BCUT2D eigenvalue weighted by molar-refractivity contribution is -0.186. The van der Waals surface area contributed by atoms with Gasteiger partial charge in [-0.25, -0.2) is 9.59 Å². The molecule has 1 fully saturated rings. The molecule has 0 radical (unpaired) electrons. The van der Waals surface area contributed by atoms with E-state index in [1.54, 1.807) is 60.7 Å². The molecule has 2 aromatic carbocycles. The van der Waals surface area contributed by atoms with Crippen molar-refractivity contribution < 1.29 is 38.4 Å². The fourth-order valence-corrected chi connectivity index (χ4v) is 4.24. The Labute approximate surface area is 193 Å². The summed E-state index contributed by atoms with van der Waals surface area (Å²) in [6.45, 7) is 3.03. The Kier molecular flexibility index (Phi) is 8.97. The van der Waals surface area contributed by atoms with Gasteiger partial charge in [0.15, 0.2) is 6.10 Å². The summed E-state index contributed by atoms with van der Waals surface area (Å²) in [4.78, 5) is 40.1. The third-order valence-corrected chi connectivity index (χ3v) is 6.04. The zero-order valence-corrected chi connectivity index (χ0v) is 19.2. The van der Waals surface area contributed by atoms with Crippen LogP contribution in [0.4, 0.5) is 0 Å². The summed E-state index contributed by atoms with van der Waals surface area (Å²) < 4.78 is 22.6. The lowest BCUT2D eigenvalue weighted by atomic mass is 10.1. The number of hydrogen-bond donors (Lipinski definition) is 2. The third-order valence-electron chi connectivity index (χ3n) is 4.90. The molecule has 1 aliphatic rings. The van der Waals surface area contributed by atoms with E-state index < -0.39 is 42.5 Å². The predicted molar refractivity (Wildman–Crippen MR) is 122 cm³/mol. The number of carbonyl (C=O) groups excluding carboxylic acids is 3. The molecule has 11 heteroatoms. The lowest BCUT2D eigenvalue weighted by Gasteiger charge is -2.26. The van der Waals surface area contributed by atoms with Gasteiger partial charge < -0.3 is 29.0 Å². The van der Waals surface area contributed by atoms with E-state index in [0.717, 1.165) is 0 Å². The van der Waals surface area contributed by atoms with Crippen molar-refractivity contribution in [2.75, 3.05) is 0 Å². The van der Waals surface area contributed by atoms with E-state index in [-0.39, 0.29) is 27.6 Å².